The summed E-state index contributed by atoms with van der Waals surface area (Å²) in [5.41, 5.74) is 2.40. The van der Waals surface area contributed by atoms with Crippen LogP contribution in [0.2, 0.25) is 5.02 Å². The summed E-state index contributed by atoms with van der Waals surface area (Å²) in [7, 11) is 0. The molecule has 0 bridgehead atoms. The summed E-state index contributed by atoms with van der Waals surface area (Å²) in [5.74, 6) is 1.24. The minimum absolute atomic E-state index is 0.0153. The average Bonchev–Trinajstić information content (AvgIpc) is 3.45. The Morgan fingerprint density at radius 3 is 2.93 bits per heavy atom. The molecular weight excluding hydrogens is 392 g/mol. The van der Waals surface area contributed by atoms with Crippen LogP contribution in [0.4, 0.5) is 0 Å². The molecule has 2 heterocycles. The highest BCUT2D eigenvalue weighted by molar-refractivity contribution is 7.12. The highest BCUT2D eigenvalue weighted by atomic mass is 35.5. The van der Waals surface area contributed by atoms with Gasteiger partial charge in [0.2, 0.25) is 0 Å². The number of ether oxygens (including phenoxy) is 1. The third-order valence-corrected chi connectivity index (χ3v) is 6.52. The standard InChI is InChI=1S/C22H21ClN2O2S/c23-15-4-3-5-17(14-15)27-20-10-13-28-21(20)22(26)25-12-11-24(16-8-9-16)18-6-1-2-7-19(18)25/h2-5,7,10,13-14,16H,1,6,8-9,11-12H2. The van der Waals surface area contributed by atoms with Gasteiger partial charge in [-0.05, 0) is 61.4 Å². The largest absolute Gasteiger partial charge is 0.456 e. The van der Waals surface area contributed by atoms with E-state index in [1.54, 1.807) is 12.1 Å². The molecule has 1 fully saturated rings. The van der Waals surface area contributed by atoms with Gasteiger partial charge in [0.05, 0.1) is 5.70 Å². The highest BCUT2D eigenvalue weighted by Gasteiger charge is 2.37. The number of carbonyl (C=O) groups is 1. The van der Waals surface area contributed by atoms with Crippen molar-refractivity contribution >= 4 is 28.8 Å². The van der Waals surface area contributed by atoms with Gasteiger partial charge in [0.1, 0.15) is 10.6 Å². The van der Waals surface area contributed by atoms with Crippen molar-refractivity contribution in [2.24, 2.45) is 0 Å². The Hall–Kier alpha value is -2.24. The Balaban J connectivity index is 1.43. The molecule has 0 unspecified atom stereocenters. The summed E-state index contributed by atoms with van der Waals surface area (Å²) in [4.78, 5) is 18.5. The summed E-state index contributed by atoms with van der Waals surface area (Å²) in [6.45, 7) is 1.63. The van der Waals surface area contributed by atoms with Crippen LogP contribution in [0, 0.1) is 0 Å². The van der Waals surface area contributed by atoms with Gasteiger partial charge < -0.3 is 14.5 Å². The normalized spacial score (nSPS) is 19.0. The number of hydrogen-bond acceptors (Lipinski definition) is 4. The Morgan fingerprint density at radius 1 is 1.21 bits per heavy atom. The molecular formula is C22H21ClN2O2S. The topological polar surface area (TPSA) is 32.8 Å². The third kappa shape index (κ3) is 3.33. The van der Waals surface area contributed by atoms with Crippen LogP contribution in [0.25, 0.3) is 0 Å². The molecule has 144 valence electrons. The molecule has 0 atom stereocenters. The van der Waals surface area contributed by atoms with Crippen molar-refractivity contribution < 1.29 is 9.53 Å². The Kier molecular flexibility index (Phi) is 4.65. The number of halogens is 1. The molecule has 1 saturated carbocycles. The predicted octanol–water partition coefficient (Wildman–Crippen LogP) is 5.68. The van der Waals surface area contributed by atoms with Crippen LogP contribution in [-0.2, 0) is 0 Å². The minimum Gasteiger partial charge on any atom is -0.456 e. The van der Waals surface area contributed by atoms with E-state index in [2.05, 4.69) is 17.1 Å². The highest BCUT2D eigenvalue weighted by Crippen LogP contribution is 2.39. The summed E-state index contributed by atoms with van der Waals surface area (Å²) in [5, 5.41) is 2.51. The van der Waals surface area contributed by atoms with Crippen LogP contribution in [-0.4, -0.2) is 34.8 Å². The van der Waals surface area contributed by atoms with E-state index in [-0.39, 0.29) is 5.91 Å². The maximum atomic E-state index is 13.4. The maximum Gasteiger partial charge on any atom is 0.272 e. The zero-order chi connectivity index (χ0) is 19.1. The molecule has 4 nitrogen and oxygen atoms in total. The number of allylic oxidation sites excluding steroid dienone is 3. The summed E-state index contributed by atoms with van der Waals surface area (Å²) in [6.07, 6.45) is 8.91. The predicted molar refractivity (Wildman–Crippen MR) is 112 cm³/mol. The molecule has 0 radical (unpaired) electrons. The van der Waals surface area contributed by atoms with Crippen molar-refractivity contribution in [1.29, 1.82) is 0 Å². The lowest BCUT2D eigenvalue weighted by molar-refractivity contribution is 0.0768. The molecule has 3 aliphatic rings. The fourth-order valence-corrected chi connectivity index (χ4v) is 4.90. The molecule has 1 aromatic heterocycles. The fraction of sp³-hybridized carbons (Fsp3) is 0.318. The van der Waals surface area contributed by atoms with E-state index < -0.39 is 0 Å². The first-order valence-corrected chi connectivity index (χ1v) is 11.0. The lowest BCUT2D eigenvalue weighted by Gasteiger charge is -2.40. The van der Waals surface area contributed by atoms with Gasteiger partial charge in [0.25, 0.3) is 5.91 Å². The summed E-state index contributed by atoms with van der Waals surface area (Å²) >= 11 is 7.48. The smallest absolute Gasteiger partial charge is 0.272 e. The van der Waals surface area contributed by atoms with Gasteiger partial charge in [-0.15, -0.1) is 11.3 Å². The molecule has 5 rings (SSSR count). The van der Waals surface area contributed by atoms with Gasteiger partial charge >= 0.3 is 0 Å². The number of carbonyl (C=O) groups excluding carboxylic acids is 1. The van der Waals surface area contributed by atoms with E-state index in [0.717, 1.165) is 25.1 Å². The molecule has 0 spiro atoms. The molecule has 0 saturated heterocycles. The second-order valence-electron chi connectivity index (χ2n) is 7.33. The van der Waals surface area contributed by atoms with Gasteiger partial charge in [-0.3, -0.25) is 4.79 Å². The van der Waals surface area contributed by atoms with Crippen LogP contribution >= 0.6 is 22.9 Å². The van der Waals surface area contributed by atoms with Crippen LogP contribution in [0.3, 0.4) is 0 Å². The molecule has 6 heteroatoms. The zero-order valence-electron chi connectivity index (χ0n) is 15.4. The number of amides is 1. The molecule has 1 amide bonds. The van der Waals surface area contributed by atoms with E-state index in [4.69, 9.17) is 16.3 Å². The van der Waals surface area contributed by atoms with Crippen molar-refractivity contribution in [2.75, 3.05) is 13.1 Å². The van der Waals surface area contributed by atoms with Crippen molar-refractivity contribution in [3.63, 3.8) is 0 Å². The fourth-order valence-electron chi connectivity index (χ4n) is 3.95. The Morgan fingerprint density at radius 2 is 2.11 bits per heavy atom. The van der Waals surface area contributed by atoms with Crippen molar-refractivity contribution in [3.8, 4) is 11.5 Å². The summed E-state index contributed by atoms with van der Waals surface area (Å²) in [6, 6.07) is 9.77. The number of rotatable bonds is 4. The molecule has 2 aromatic rings. The van der Waals surface area contributed by atoms with Crippen LogP contribution < -0.4 is 4.74 Å². The van der Waals surface area contributed by atoms with E-state index in [1.165, 1.54) is 29.9 Å². The van der Waals surface area contributed by atoms with Crippen LogP contribution in [0.1, 0.15) is 35.4 Å². The van der Waals surface area contributed by atoms with Crippen molar-refractivity contribution in [2.45, 2.75) is 31.7 Å². The van der Waals surface area contributed by atoms with Crippen molar-refractivity contribution in [1.82, 2.24) is 9.80 Å². The number of thiophene rings is 1. The van der Waals surface area contributed by atoms with E-state index in [1.807, 2.05) is 28.5 Å². The van der Waals surface area contributed by atoms with E-state index in [0.29, 0.717) is 34.0 Å². The average molecular weight is 413 g/mol. The van der Waals surface area contributed by atoms with Crippen LogP contribution in [0.15, 0.2) is 59.3 Å². The first kappa shape index (κ1) is 17.8. The van der Waals surface area contributed by atoms with Crippen LogP contribution in [0.5, 0.6) is 11.5 Å². The number of benzene rings is 1. The SMILES string of the molecule is O=C(c1sccc1Oc1cccc(Cl)c1)N1CCN(C2CC2)C2=C1C=CCC2. The second kappa shape index (κ2) is 7.30. The number of nitrogens with zero attached hydrogens (tertiary/aromatic N) is 2. The lowest BCUT2D eigenvalue weighted by atomic mass is 10.0. The number of hydrogen-bond donors (Lipinski definition) is 0. The first-order chi connectivity index (χ1) is 13.7. The van der Waals surface area contributed by atoms with Gasteiger partial charge in [0, 0.05) is 29.9 Å². The maximum absolute atomic E-state index is 13.4. The van der Waals surface area contributed by atoms with Gasteiger partial charge in [-0.2, -0.15) is 0 Å². The quantitative estimate of drug-likeness (QED) is 0.648. The monoisotopic (exact) mass is 412 g/mol. The third-order valence-electron chi connectivity index (χ3n) is 5.40. The first-order valence-electron chi connectivity index (χ1n) is 9.70. The Labute approximate surface area is 173 Å². The van der Waals surface area contributed by atoms with Gasteiger partial charge in [0.15, 0.2) is 5.75 Å². The molecule has 2 aliphatic carbocycles. The zero-order valence-corrected chi connectivity index (χ0v) is 17.0. The van der Waals surface area contributed by atoms with Gasteiger partial charge in [-0.25, -0.2) is 0 Å². The molecule has 0 N–H and O–H groups in total. The molecule has 28 heavy (non-hydrogen) atoms. The minimum atomic E-state index is 0.0153. The van der Waals surface area contributed by atoms with Gasteiger partial charge in [-0.1, -0.05) is 23.7 Å². The molecule has 1 aliphatic heterocycles. The lowest BCUT2D eigenvalue weighted by Crippen LogP contribution is -2.45. The summed E-state index contributed by atoms with van der Waals surface area (Å²) < 4.78 is 5.98. The second-order valence-corrected chi connectivity index (χ2v) is 8.68. The van der Waals surface area contributed by atoms with E-state index >= 15 is 0 Å². The van der Waals surface area contributed by atoms with E-state index in [9.17, 15) is 4.79 Å². The van der Waals surface area contributed by atoms with Crippen molar-refractivity contribution in [3.05, 3.63) is 69.2 Å². The Bertz CT molecular complexity index is 976. The molecule has 1 aromatic carbocycles.